The lowest BCUT2D eigenvalue weighted by Gasteiger charge is -2.34. The molecule has 0 spiro atoms. The van der Waals surface area contributed by atoms with Gasteiger partial charge in [0.15, 0.2) is 5.65 Å². The van der Waals surface area contributed by atoms with Gasteiger partial charge < -0.3 is 4.90 Å². The van der Waals surface area contributed by atoms with Crippen molar-refractivity contribution < 1.29 is 4.79 Å². The second-order valence-corrected chi connectivity index (χ2v) is 7.41. The maximum absolute atomic E-state index is 12.7. The molecule has 2 aromatic heterocycles. The highest BCUT2D eigenvalue weighted by molar-refractivity contribution is 6.30. The molecule has 1 aromatic carbocycles. The summed E-state index contributed by atoms with van der Waals surface area (Å²) in [5.74, 6) is -0.0745. The van der Waals surface area contributed by atoms with E-state index in [1.54, 1.807) is 16.6 Å². The van der Waals surface area contributed by atoms with Gasteiger partial charge in [-0.2, -0.15) is 5.10 Å². The Bertz CT molecular complexity index is 1070. The third kappa shape index (κ3) is 3.79. The van der Waals surface area contributed by atoms with E-state index in [0.717, 1.165) is 30.2 Å². The van der Waals surface area contributed by atoms with Crippen LogP contribution < -0.4 is 5.56 Å². The quantitative estimate of drug-likeness (QED) is 0.656. The van der Waals surface area contributed by atoms with Crippen molar-refractivity contribution >= 4 is 28.5 Å². The zero-order valence-corrected chi connectivity index (χ0v) is 16.3. The van der Waals surface area contributed by atoms with E-state index >= 15 is 0 Å². The molecule has 8 nitrogen and oxygen atoms in total. The molecule has 1 fully saturated rings. The Hall–Kier alpha value is -2.71. The molecule has 0 saturated carbocycles. The normalized spacial score (nSPS) is 15.3. The predicted octanol–water partition coefficient (Wildman–Crippen LogP) is 1.13. The summed E-state index contributed by atoms with van der Waals surface area (Å²) in [6.45, 7) is 3.64. The summed E-state index contributed by atoms with van der Waals surface area (Å²) in [5.41, 5.74) is 1.43. The molecule has 0 unspecified atom stereocenters. The topological polar surface area (TPSA) is 76.3 Å². The zero-order valence-electron chi connectivity index (χ0n) is 15.6. The third-order valence-corrected chi connectivity index (χ3v) is 5.28. The first-order valence-electron chi connectivity index (χ1n) is 9.13. The van der Waals surface area contributed by atoms with Crippen molar-refractivity contribution in [3.05, 3.63) is 57.7 Å². The lowest BCUT2D eigenvalue weighted by atomic mass is 10.2. The fourth-order valence-electron chi connectivity index (χ4n) is 3.47. The molecule has 0 aliphatic carbocycles. The molecule has 3 aromatic rings. The number of amides is 1. The van der Waals surface area contributed by atoms with E-state index in [1.165, 1.54) is 17.1 Å². The number of hydrogen-bond acceptors (Lipinski definition) is 5. The molecule has 1 aliphatic heterocycles. The Morgan fingerprint density at radius 3 is 2.75 bits per heavy atom. The summed E-state index contributed by atoms with van der Waals surface area (Å²) in [6, 6.07) is 7.83. The molecule has 4 rings (SSSR count). The molecule has 0 bridgehead atoms. The van der Waals surface area contributed by atoms with Crippen LogP contribution in [0.15, 0.2) is 41.6 Å². The van der Waals surface area contributed by atoms with Crippen molar-refractivity contribution in [1.29, 1.82) is 0 Å². The molecule has 9 heteroatoms. The number of rotatable bonds is 4. The van der Waals surface area contributed by atoms with Crippen molar-refractivity contribution in [2.75, 3.05) is 26.2 Å². The van der Waals surface area contributed by atoms with Gasteiger partial charge in [0.05, 0.1) is 6.20 Å². The number of hydrogen-bond donors (Lipinski definition) is 0. The first-order valence-corrected chi connectivity index (χ1v) is 9.51. The molecule has 146 valence electrons. The van der Waals surface area contributed by atoms with Crippen LogP contribution in [0, 0.1) is 0 Å². The highest BCUT2D eigenvalue weighted by Gasteiger charge is 2.22. The van der Waals surface area contributed by atoms with Gasteiger partial charge in [0.2, 0.25) is 5.91 Å². The van der Waals surface area contributed by atoms with Gasteiger partial charge in [-0.1, -0.05) is 23.7 Å². The van der Waals surface area contributed by atoms with Gasteiger partial charge in [-0.05, 0) is 17.7 Å². The van der Waals surface area contributed by atoms with E-state index in [9.17, 15) is 9.59 Å². The molecular weight excluding hydrogens is 380 g/mol. The van der Waals surface area contributed by atoms with E-state index in [4.69, 9.17) is 11.6 Å². The lowest BCUT2D eigenvalue weighted by Crippen LogP contribution is -2.49. The molecule has 0 N–H and O–H groups in total. The molecule has 1 aliphatic rings. The van der Waals surface area contributed by atoms with E-state index in [-0.39, 0.29) is 18.0 Å². The van der Waals surface area contributed by atoms with Crippen LogP contribution in [0.2, 0.25) is 5.02 Å². The van der Waals surface area contributed by atoms with E-state index in [0.29, 0.717) is 24.1 Å². The molecule has 3 heterocycles. The molecule has 0 radical (unpaired) electrons. The second kappa shape index (κ2) is 7.73. The van der Waals surface area contributed by atoms with E-state index in [1.807, 2.05) is 18.2 Å². The van der Waals surface area contributed by atoms with Gasteiger partial charge in [0, 0.05) is 44.8 Å². The van der Waals surface area contributed by atoms with Crippen LogP contribution >= 0.6 is 11.6 Å². The van der Waals surface area contributed by atoms with Crippen molar-refractivity contribution in [2.24, 2.45) is 7.05 Å². The molecule has 1 amide bonds. The first kappa shape index (κ1) is 18.6. The minimum absolute atomic E-state index is 0.00897. The standard InChI is InChI=1S/C19H21ClN6O2/c1-23-18-16(10-22-23)19(28)26(13-21-18)12-17(27)25-7-5-24(6-8-25)11-14-3-2-4-15(20)9-14/h2-4,9-10,13H,5-8,11-12H2,1H3. The minimum Gasteiger partial charge on any atom is -0.339 e. The zero-order chi connectivity index (χ0) is 19.7. The molecule has 1 saturated heterocycles. The largest absolute Gasteiger partial charge is 0.339 e. The van der Waals surface area contributed by atoms with Crippen molar-refractivity contribution in [2.45, 2.75) is 13.1 Å². The van der Waals surface area contributed by atoms with Crippen molar-refractivity contribution in [1.82, 2.24) is 29.1 Å². The maximum Gasteiger partial charge on any atom is 0.264 e. The highest BCUT2D eigenvalue weighted by Crippen LogP contribution is 2.14. The molecule has 0 atom stereocenters. The SMILES string of the molecule is Cn1ncc2c(=O)n(CC(=O)N3CCN(Cc4cccc(Cl)c4)CC3)cnc21. The van der Waals surface area contributed by atoms with Crippen LogP contribution in [0.5, 0.6) is 0 Å². The Labute approximate surface area is 166 Å². The van der Waals surface area contributed by atoms with Gasteiger partial charge in [-0.3, -0.25) is 23.7 Å². The van der Waals surface area contributed by atoms with Crippen LogP contribution in [0.25, 0.3) is 11.0 Å². The van der Waals surface area contributed by atoms with E-state index < -0.39 is 0 Å². The summed E-state index contributed by atoms with van der Waals surface area (Å²) in [5, 5.41) is 5.20. The highest BCUT2D eigenvalue weighted by atomic mass is 35.5. The van der Waals surface area contributed by atoms with E-state index in [2.05, 4.69) is 21.0 Å². The van der Waals surface area contributed by atoms with Crippen molar-refractivity contribution in [3.63, 3.8) is 0 Å². The molecule has 28 heavy (non-hydrogen) atoms. The van der Waals surface area contributed by atoms with Gasteiger partial charge in [-0.25, -0.2) is 4.98 Å². The summed E-state index contributed by atoms with van der Waals surface area (Å²) < 4.78 is 2.90. The number of halogens is 1. The summed E-state index contributed by atoms with van der Waals surface area (Å²) in [6.07, 6.45) is 2.90. The fraction of sp³-hybridized carbons (Fsp3) is 0.368. The third-order valence-electron chi connectivity index (χ3n) is 5.04. The molecular formula is C19H21ClN6O2. The number of carbonyl (C=O) groups excluding carboxylic acids is 1. The van der Waals surface area contributed by atoms with Gasteiger partial charge in [0.1, 0.15) is 18.3 Å². The average molecular weight is 401 g/mol. The number of aromatic nitrogens is 4. The average Bonchev–Trinajstić information content (AvgIpc) is 3.06. The summed E-state index contributed by atoms with van der Waals surface area (Å²) in [4.78, 5) is 33.5. The smallest absolute Gasteiger partial charge is 0.264 e. The number of carbonyl (C=O) groups is 1. The Balaban J connectivity index is 1.37. The van der Waals surface area contributed by atoms with Crippen LogP contribution in [-0.2, 0) is 24.9 Å². The second-order valence-electron chi connectivity index (χ2n) is 6.97. The minimum atomic E-state index is -0.244. The summed E-state index contributed by atoms with van der Waals surface area (Å²) >= 11 is 6.05. The summed E-state index contributed by atoms with van der Waals surface area (Å²) in [7, 11) is 1.73. The fourth-order valence-corrected chi connectivity index (χ4v) is 3.69. The maximum atomic E-state index is 12.7. The Morgan fingerprint density at radius 1 is 1.21 bits per heavy atom. The number of nitrogens with zero attached hydrogens (tertiary/aromatic N) is 6. The number of piperazine rings is 1. The van der Waals surface area contributed by atoms with Gasteiger partial charge in [-0.15, -0.1) is 0 Å². The first-order chi connectivity index (χ1) is 13.5. The van der Waals surface area contributed by atoms with Crippen LogP contribution in [0.4, 0.5) is 0 Å². The Morgan fingerprint density at radius 2 is 2.00 bits per heavy atom. The van der Waals surface area contributed by atoms with Crippen LogP contribution in [0.1, 0.15) is 5.56 Å². The predicted molar refractivity (Wildman–Crippen MR) is 106 cm³/mol. The Kier molecular flexibility index (Phi) is 5.15. The van der Waals surface area contributed by atoms with Gasteiger partial charge >= 0.3 is 0 Å². The number of aryl methyl sites for hydroxylation is 1. The number of fused-ring (bicyclic) bond motifs is 1. The van der Waals surface area contributed by atoms with Crippen LogP contribution in [0.3, 0.4) is 0 Å². The lowest BCUT2D eigenvalue weighted by molar-refractivity contribution is -0.133. The van der Waals surface area contributed by atoms with Gasteiger partial charge in [0.25, 0.3) is 5.56 Å². The van der Waals surface area contributed by atoms with Crippen molar-refractivity contribution in [3.8, 4) is 0 Å². The van der Waals surface area contributed by atoms with Crippen LogP contribution in [-0.4, -0.2) is 61.2 Å². The number of benzene rings is 1. The monoisotopic (exact) mass is 400 g/mol.